The zero-order valence-electron chi connectivity index (χ0n) is 14.8. The molecular formula is C21H19NO4S. The molecule has 0 aliphatic rings. The molecule has 1 heterocycles. The first kappa shape index (κ1) is 18.8. The van der Waals surface area contributed by atoms with Crippen molar-refractivity contribution in [2.45, 2.75) is 18.4 Å². The Morgan fingerprint density at radius 1 is 1.07 bits per heavy atom. The van der Waals surface area contributed by atoms with Crippen LogP contribution in [-0.4, -0.2) is 26.0 Å². The van der Waals surface area contributed by atoms with Gasteiger partial charge in [-0.05, 0) is 66.1 Å². The molecule has 1 N–H and O–H groups in total. The predicted molar refractivity (Wildman–Crippen MR) is 104 cm³/mol. The first-order valence-electron chi connectivity index (χ1n) is 8.36. The fourth-order valence-electron chi connectivity index (χ4n) is 2.62. The fraction of sp³-hybridized carbons (Fsp3) is 0.143. The van der Waals surface area contributed by atoms with Crippen LogP contribution in [0.1, 0.15) is 11.3 Å². The molecule has 0 radical (unpaired) electrons. The Morgan fingerprint density at radius 2 is 1.81 bits per heavy atom. The van der Waals surface area contributed by atoms with E-state index in [2.05, 4.69) is 11.1 Å². The summed E-state index contributed by atoms with van der Waals surface area (Å²) >= 11 is 0. The molecule has 0 saturated carbocycles. The number of aryl methyl sites for hydroxylation is 1. The average molecular weight is 381 g/mol. The summed E-state index contributed by atoms with van der Waals surface area (Å²) in [5.41, 5.74) is 4.20. The number of carboxylic acids is 1. The zero-order valence-corrected chi connectivity index (χ0v) is 15.6. The van der Waals surface area contributed by atoms with Crippen molar-refractivity contribution in [3.8, 4) is 16.9 Å². The van der Waals surface area contributed by atoms with Gasteiger partial charge in [-0.3, -0.25) is 14.0 Å². The van der Waals surface area contributed by atoms with Crippen LogP contribution in [0.4, 0.5) is 0 Å². The molecule has 3 aromatic rings. The standard InChI is InChI=1S/C21H19NO4S/c1-15-11-18(9-10-22-15)17-4-2-3-16(12-17)13-26-19-5-7-20(8-6-19)27(25)14-21(23)24/h2-12H,13-14H2,1H3,(H,23,24). The van der Waals surface area contributed by atoms with Crippen LogP contribution >= 0.6 is 0 Å². The normalized spacial score (nSPS) is 11.7. The van der Waals surface area contributed by atoms with Gasteiger partial charge in [0.1, 0.15) is 18.1 Å². The van der Waals surface area contributed by atoms with Crippen molar-refractivity contribution in [1.82, 2.24) is 4.98 Å². The first-order valence-corrected chi connectivity index (χ1v) is 9.68. The number of aromatic nitrogens is 1. The van der Waals surface area contributed by atoms with Crippen LogP contribution in [0.5, 0.6) is 5.75 Å². The molecule has 27 heavy (non-hydrogen) atoms. The van der Waals surface area contributed by atoms with Crippen molar-refractivity contribution in [3.63, 3.8) is 0 Å². The Hall–Kier alpha value is -2.99. The van der Waals surface area contributed by atoms with E-state index in [1.54, 1.807) is 30.5 Å². The summed E-state index contributed by atoms with van der Waals surface area (Å²) in [6.07, 6.45) is 1.80. The van der Waals surface area contributed by atoms with Crippen molar-refractivity contribution < 1.29 is 18.8 Å². The van der Waals surface area contributed by atoms with Gasteiger partial charge in [-0.25, -0.2) is 0 Å². The van der Waals surface area contributed by atoms with Gasteiger partial charge in [0, 0.05) is 16.8 Å². The number of rotatable bonds is 7. The Balaban J connectivity index is 1.66. The van der Waals surface area contributed by atoms with E-state index in [-0.39, 0.29) is 0 Å². The summed E-state index contributed by atoms with van der Waals surface area (Å²) in [6, 6.07) is 18.8. The van der Waals surface area contributed by atoms with E-state index < -0.39 is 22.5 Å². The Bertz CT molecular complexity index is 970. The summed E-state index contributed by atoms with van der Waals surface area (Å²) in [5, 5.41) is 8.71. The molecule has 3 rings (SSSR count). The van der Waals surface area contributed by atoms with Gasteiger partial charge in [0.05, 0.1) is 10.8 Å². The molecule has 1 unspecified atom stereocenters. The van der Waals surface area contributed by atoms with Crippen molar-refractivity contribution in [2.24, 2.45) is 0 Å². The van der Waals surface area contributed by atoms with Crippen LogP contribution in [0, 0.1) is 6.92 Å². The number of carboxylic acid groups (broad SMARTS) is 1. The first-order chi connectivity index (χ1) is 13.0. The van der Waals surface area contributed by atoms with E-state index in [4.69, 9.17) is 9.84 Å². The SMILES string of the molecule is Cc1cc(-c2cccc(COc3ccc(S(=O)CC(=O)O)cc3)c2)ccn1. The number of pyridine rings is 1. The highest BCUT2D eigenvalue weighted by Gasteiger charge is 2.09. The zero-order chi connectivity index (χ0) is 19.2. The summed E-state index contributed by atoms with van der Waals surface area (Å²) in [6.45, 7) is 2.36. The quantitative estimate of drug-likeness (QED) is 0.673. The number of hydrogen-bond acceptors (Lipinski definition) is 4. The van der Waals surface area contributed by atoms with Gasteiger partial charge < -0.3 is 9.84 Å². The lowest BCUT2D eigenvalue weighted by Crippen LogP contribution is -2.09. The van der Waals surface area contributed by atoms with E-state index in [0.717, 1.165) is 22.4 Å². The molecule has 2 aromatic carbocycles. The third kappa shape index (κ3) is 5.24. The minimum absolute atomic E-state index is 0.398. The lowest BCUT2D eigenvalue weighted by Gasteiger charge is -2.09. The second kappa shape index (κ2) is 8.60. The van der Waals surface area contributed by atoms with Gasteiger partial charge in [0.2, 0.25) is 0 Å². The van der Waals surface area contributed by atoms with Gasteiger partial charge in [0.15, 0.2) is 0 Å². The van der Waals surface area contributed by atoms with E-state index in [0.29, 0.717) is 17.3 Å². The molecule has 1 aromatic heterocycles. The molecular weight excluding hydrogens is 362 g/mol. The second-order valence-electron chi connectivity index (χ2n) is 6.03. The largest absolute Gasteiger partial charge is 0.489 e. The monoisotopic (exact) mass is 381 g/mol. The maximum Gasteiger partial charge on any atom is 0.316 e. The summed E-state index contributed by atoms with van der Waals surface area (Å²) in [7, 11) is -1.55. The Labute approximate surface area is 160 Å². The molecule has 0 spiro atoms. The van der Waals surface area contributed by atoms with E-state index >= 15 is 0 Å². The van der Waals surface area contributed by atoms with Gasteiger partial charge >= 0.3 is 5.97 Å². The van der Waals surface area contributed by atoms with Crippen molar-refractivity contribution in [1.29, 1.82) is 0 Å². The molecule has 0 aliphatic carbocycles. The second-order valence-corrected chi connectivity index (χ2v) is 7.48. The molecule has 0 aliphatic heterocycles. The van der Waals surface area contributed by atoms with Crippen molar-refractivity contribution >= 4 is 16.8 Å². The molecule has 1 atom stereocenters. The van der Waals surface area contributed by atoms with Crippen LogP contribution in [0.2, 0.25) is 0 Å². The number of aliphatic carboxylic acids is 1. The maximum absolute atomic E-state index is 11.8. The molecule has 6 heteroatoms. The number of hydrogen-bond donors (Lipinski definition) is 1. The lowest BCUT2D eigenvalue weighted by molar-refractivity contribution is -0.133. The van der Waals surface area contributed by atoms with E-state index in [9.17, 15) is 9.00 Å². The van der Waals surface area contributed by atoms with E-state index in [1.807, 2.05) is 37.3 Å². The molecule has 5 nitrogen and oxygen atoms in total. The molecule has 0 saturated heterocycles. The van der Waals surface area contributed by atoms with Crippen LogP contribution < -0.4 is 4.74 Å². The minimum Gasteiger partial charge on any atom is -0.489 e. The lowest BCUT2D eigenvalue weighted by atomic mass is 10.0. The van der Waals surface area contributed by atoms with Gasteiger partial charge in [-0.2, -0.15) is 0 Å². The maximum atomic E-state index is 11.8. The molecule has 0 amide bonds. The van der Waals surface area contributed by atoms with Crippen molar-refractivity contribution in [3.05, 3.63) is 78.1 Å². The van der Waals surface area contributed by atoms with Gasteiger partial charge in [0.25, 0.3) is 0 Å². The Morgan fingerprint density at radius 3 is 2.52 bits per heavy atom. The number of benzene rings is 2. The molecule has 0 fully saturated rings. The summed E-state index contributed by atoms with van der Waals surface area (Å²) in [5.74, 6) is -0.851. The molecule has 138 valence electrons. The highest BCUT2D eigenvalue weighted by molar-refractivity contribution is 7.85. The molecule has 0 bridgehead atoms. The number of ether oxygens (including phenoxy) is 1. The fourth-order valence-corrected chi connectivity index (χ4v) is 3.45. The predicted octanol–water partition coefficient (Wildman–Crippen LogP) is 3.83. The average Bonchev–Trinajstić information content (AvgIpc) is 2.66. The van der Waals surface area contributed by atoms with Gasteiger partial charge in [-0.1, -0.05) is 18.2 Å². The minimum atomic E-state index is -1.55. The Kier molecular flexibility index (Phi) is 5.98. The van der Waals surface area contributed by atoms with E-state index in [1.165, 1.54) is 0 Å². The summed E-state index contributed by atoms with van der Waals surface area (Å²) < 4.78 is 17.6. The van der Waals surface area contributed by atoms with Crippen LogP contribution in [-0.2, 0) is 22.2 Å². The van der Waals surface area contributed by atoms with Crippen LogP contribution in [0.25, 0.3) is 11.1 Å². The van der Waals surface area contributed by atoms with Crippen LogP contribution in [0.15, 0.2) is 71.8 Å². The van der Waals surface area contributed by atoms with Crippen molar-refractivity contribution in [2.75, 3.05) is 5.75 Å². The van der Waals surface area contributed by atoms with Gasteiger partial charge in [-0.15, -0.1) is 0 Å². The number of nitrogens with zero attached hydrogens (tertiary/aromatic N) is 1. The third-order valence-electron chi connectivity index (χ3n) is 3.90. The highest BCUT2D eigenvalue weighted by Crippen LogP contribution is 2.22. The summed E-state index contributed by atoms with van der Waals surface area (Å²) in [4.78, 5) is 15.3. The highest BCUT2D eigenvalue weighted by atomic mass is 32.2. The number of carbonyl (C=O) groups is 1. The topological polar surface area (TPSA) is 76.5 Å². The third-order valence-corrected chi connectivity index (χ3v) is 5.21. The van der Waals surface area contributed by atoms with Crippen LogP contribution in [0.3, 0.4) is 0 Å². The smallest absolute Gasteiger partial charge is 0.316 e.